The van der Waals surface area contributed by atoms with Gasteiger partial charge in [0.15, 0.2) is 0 Å². The van der Waals surface area contributed by atoms with Crippen LogP contribution in [0.4, 0.5) is 0 Å². The Hall–Kier alpha value is -0.430. The zero-order valence-electron chi connectivity index (χ0n) is 11.3. The molecule has 0 N–H and O–H groups in total. The largest absolute Gasteiger partial charge is 0.299 e. The molecule has 0 saturated carbocycles. The van der Waals surface area contributed by atoms with Crippen molar-refractivity contribution in [3.8, 4) is 0 Å². The van der Waals surface area contributed by atoms with E-state index in [-0.39, 0.29) is 0 Å². The fourth-order valence-electron chi connectivity index (χ4n) is 3.15. The summed E-state index contributed by atoms with van der Waals surface area (Å²) < 4.78 is 28.0. The van der Waals surface area contributed by atoms with Gasteiger partial charge in [-0.25, -0.2) is 8.42 Å². The molecule has 4 nitrogen and oxygen atoms in total. The van der Waals surface area contributed by atoms with E-state index in [1.54, 1.807) is 28.6 Å². The number of fused-ring (bicyclic) bond motifs is 1. The first-order valence-corrected chi connectivity index (χ1v) is 9.30. The first-order chi connectivity index (χ1) is 9.57. The highest BCUT2D eigenvalue weighted by Crippen LogP contribution is 2.25. The topological polar surface area (TPSA) is 40.6 Å². The van der Waals surface area contributed by atoms with Gasteiger partial charge in [-0.2, -0.15) is 4.31 Å². The SMILES string of the molecule is O=S(=O)(c1ccc(Br)cc1)N1CCCN2CCCC2C1. The lowest BCUT2D eigenvalue weighted by Gasteiger charge is -2.25. The lowest BCUT2D eigenvalue weighted by Crippen LogP contribution is -2.39. The smallest absolute Gasteiger partial charge is 0.243 e. The number of hydrogen-bond donors (Lipinski definition) is 0. The van der Waals surface area contributed by atoms with Gasteiger partial charge in [-0.05, 0) is 56.6 Å². The Labute approximate surface area is 128 Å². The molecule has 2 fully saturated rings. The molecule has 2 heterocycles. The van der Waals surface area contributed by atoms with Crippen LogP contribution in [0.5, 0.6) is 0 Å². The van der Waals surface area contributed by atoms with Gasteiger partial charge in [-0.3, -0.25) is 4.90 Å². The average Bonchev–Trinajstić information content (AvgIpc) is 2.76. The van der Waals surface area contributed by atoms with Gasteiger partial charge in [0.05, 0.1) is 4.90 Å². The summed E-state index contributed by atoms with van der Waals surface area (Å²) in [6, 6.07) is 7.33. The Balaban J connectivity index is 1.84. The van der Waals surface area contributed by atoms with Gasteiger partial charge in [0.2, 0.25) is 10.0 Å². The molecule has 1 aromatic carbocycles. The van der Waals surface area contributed by atoms with E-state index in [1.165, 1.54) is 6.42 Å². The summed E-state index contributed by atoms with van der Waals surface area (Å²) in [5.74, 6) is 0. The second-order valence-electron chi connectivity index (χ2n) is 5.50. The lowest BCUT2D eigenvalue weighted by atomic mass is 10.2. The fourth-order valence-corrected chi connectivity index (χ4v) is 4.93. The highest BCUT2D eigenvalue weighted by atomic mass is 79.9. The van der Waals surface area contributed by atoms with Crippen molar-refractivity contribution < 1.29 is 8.42 Å². The van der Waals surface area contributed by atoms with Crippen molar-refractivity contribution in [2.24, 2.45) is 0 Å². The number of nitrogens with zero attached hydrogens (tertiary/aromatic N) is 2. The first-order valence-electron chi connectivity index (χ1n) is 7.07. The Bertz CT molecular complexity index is 573. The molecule has 3 rings (SSSR count). The second-order valence-corrected chi connectivity index (χ2v) is 8.36. The molecule has 110 valence electrons. The van der Waals surface area contributed by atoms with E-state index in [0.717, 1.165) is 30.4 Å². The second kappa shape index (κ2) is 5.75. The maximum Gasteiger partial charge on any atom is 0.243 e. The summed E-state index contributed by atoms with van der Waals surface area (Å²) in [7, 11) is -3.35. The lowest BCUT2D eigenvalue weighted by molar-refractivity contribution is 0.257. The van der Waals surface area contributed by atoms with Crippen LogP contribution in [0, 0.1) is 0 Å². The van der Waals surface area contributed by atoms with E-state index in [2.05, 4.69) is 20.8 Å². The molecule has 1 aromatic rings. The van der Waals surface area contributed by atoms with E-state index in [1.807, 2.05) is 0 Å². The van der Waals surface area contributed by atoms with Gasteiger partial charge in [0, 0.05) is 23.6 Å². The monoisotopic (exact) mass is 358 g/mol. The summed E-state index contributed by atoms with van der Waals surface area (Å²) in [6.45, 7) is 3.41. The molecule has 0 spiro atoms. The van der Waals surface area contributed by atoms with E-state index in [4.69, 9.17) is 0 Å². The molecule has 1 unspecified atom stereocenters. The minimum Gasteiger partial charge on any atom is -0.299 e. The van der Waals surface area contributed by atoms with Crippen LogP contribution in [0.1, 0.15) is 19.3 Å². The molecule has 0 aromatic heterocycles. The minimum atomic E-state index is -3.35. The number of sulfonamides is 1. The predicted molar refractivity (Wildman–Crippen MR) is 82.1 cm³/mol. The summed E-state index contributed by atoms with van der Waals surface area (Å²) in [6.07, 6.45) is 3.23. The zero-order valence-corrected chi connectivity index (χ0v) is 13.7. The van der Waals surface area contributed by atoms with Gasteiger partial charge >= 0.3 is 0 Å². The molecule has 0 aliphatic carbocycles. The van der Waals surface area contributed by atoms with E-state index < -0.39 is 10.0 Å². The van der Waals surface area contributed by atoms with Crippen LogP contribution in [-0.4, -0.2) is 49.8 Å². The van der Waals surface area contributed by atoms with Crippen LogP contribution < -0.4 is 0 Å². The van der Waals surface area contributed by atoms with Gasteiger partial charge in [-0.15, -0.1) is 0 Å². The molecule has 20 heavy (non-hydrogen) atoms. The van der Waals surface area contributed by atoms with E-state index >= 15 is 0 Å². The van der Waals surface area contributed by atoms with Crippen LogP contribution in [0.25, 0.3) is 0 Å². The summed E-state index contributed by atoms with van der Waals surface area (Å²) >= 11 is 3.34. The van der Waals surface area contributed by atoms with Crippen molar-refractivity contribution >= 4 is 26.0 Å². The maximum absolute atomic E-state index is 12.7. The predicted octanol–water partition coefficient (Wildman–Crippen LogP) is 2.31. The van der Waals surface area contributed by atoms with Crippen molar-refractivity contribution in [1.82, 2.24) is 9.21 Å². The van der Waals surface area contributed by atoms with Crippen LogP contribution in [-0.2, 0) is 10.0 Å². The summed E-state index contributed by atoms with van der Waals surface area (Å²) in [5, 5.41) is 0. The van der Waals surface area contributed by atoms with Gasteiger partial charge in [0.25, 0.3) is 0 Å². The first kappa shape index (κ1) is 14.5. The molecule has 1 atom stereocenters. The number of benzene rings is 1. The third-order valence-corrected chi connectivity index (χ3v) is 6.63. The zero-order chi connectivity index (χ0) is 14.2. The summed E-state index contributed by atoms with van der Waals surface area (Å²) in [4.78, 5) is 2.84. The number of hydrogen-bond acceptors (Lipinski definition) is 3. The van der Waals surface area contributed by atoms with Crippen molar-refractivity contribution in [3.05, 3.63) is 28.7 Å². The third kappa shape index (κ3) is 2.79. The Morgan fingerprint density at radius 2 is 1.75 bits per heavy atom. The average molecular weight is 359 g/mol. The molecule has 0 radical (unpaired) electrons. The molecule has 0 bridgehead atoms. The molecule has 2 aliphatic heterocycles. The standard InChI is InChI=1S/C14H19BrN2O2S/c15-12-4-6-14(7-5-12)20(18,19)17-10-2-9-16-8-1-3-13(16)11-17/h4-7,13H,1-3,8-11H2. The van der Waals surface area contributed by atoms with Gasteiger partial charge in [0.1, 0.15) is 0 Å². The fraction of sp³-hybridized carbons (Fsp3) is 0.571. The highest BCUT2D eigenvalue weighted by molar-refractivity contribution is 9.10. The Morgan fingerprint density at radius 3 is 2.50 bits per heavy atom. The summed E-state index contributed by atoms with van der Waals surface area (Å²) in [5.41, 5.74) is 0. The van der Waals surface area contributed by atoms with Crippen molar-refractivity contribution in [1.29, 1.82) is 0 Å². The third-order valence-electron chi connectivity index (χ3n) is 4.22. The van der Waals surface area contributed by atoms with Crippen LogP contribution in [0.2, 0.25) is 0 Å². The maximum atomic E-state index is 12.7. The molecule has 0 amide bonds. The van der Waals surface area contributed by atoms with Crippen LogP contribution in [0.3, 0.4) is 0 Å². The molecular weight excluding hydrogens is 340 g/mol. The van der Waals surface area contributed by atoms with Crippen molar-refractivity contribution in [2.75, 3.05) is 26.2 Å². The van der Waals surface area contributed by atoms with Crippen molar-refractivity contribution in [2.45, 2.75) is 30.2 Å². The number of rotatable bonds is 2. The van der Waals surface area contributed by atoms with Gasteiger partial charge in [-0.1, -0.05) is 15.9 Å². The molecule has 2 aliphatic rings. The van der Waals surface area contributed by atoms with Crippen LogP contribution in [0.15, 0.2) is 33.6 Å². The molecule has 2 saturated heterocycles. The molecule has 6 heteroatoms. The minimum absolute atomic E-state index is 0.396. The van der Waals surface area contributed by atoms with Crippen molar-refractivity contribution in [3.63, 3.8) is 0 Å². The van der Waals surface area contributed by atoms with E-state index in [9.17, 15) is 8.42 Å². The normalized spacial score (nSPS) is 25.4. The molecular formula is C14H19BrN2O2S. The quantitative estimate of drug-likeness (QED) is 0.814. The Morgan fingerprint density at radius 1 is 1.05 bits per heavy atom. The Kier molecular flexibility index (Phi) is 4.17. The van der Waals surface area contributed by atoms with Crippen LogP contribution >= 0.6 is 15.9 Å². The van der Waals surface area contributed by atoms with E-state index in [0.29, 0.717) is 24.0 Å². The number of halogens is 1. The van der Waals surface area contributed by atoms with Gasteiger partial charge < -0.3 is 0 Å². The highest BCUT2D eigenvalue weighted by Gasteiger charge is 2.34.